The molecule has 0 radical (unpaired) electrons. The summed E-state index contributed by atoms with van der Waals surface area (Å²) in [4.78, 5) is 32.4. The fraction of sp³-hybridized carbons (Fsp3) is 0.324. The molecule has 0 unspecified atom stereocenters. The molecule has 3 aliphatic rings. The zero-order chi connectivity index (χ0) is 35.4. The van der Waals surface area contributed by atoms with E-state index in [0.717, 1.165) is 5.57 Å². The van der Waals surface area contributed by atoms with E-state index in [9.17, 15) is 46.1 Å². The molecule has 0 saturated carbocycles. The number of carbonyl (C=O) groups excluding carboxylic acids is 2. The summed E-state index contributed by atoms with van der Waals surface area (Å²) < 4.78 is 87.8. The lowest BCUT2D eigenvalue weighted by Crippen LogP contribution is -2.46. The normalized spacial score (nSPS) is 23.2. The lowest BCUT2D eigenvalue weighted by atomic mass is 9.58. The van der Waals surface area contributed by atoms with E-state index >= 15 is 0 Å². The number of allylic oxidation sites excluding steroid dienone is 2. The minimum absolute atomic E-state index is 0.0115. The molecule has 4 atom stereocenters. The third kappa shape index (κ3) is 6.86. The molecule has 7 nitrogen and oxygen atoms in total. The van der Waals surface area contributed by atoms with E-state index in [4.69, 9.17) is 16.3 Å². The number of nitrogens with zero attached hydrogens (tertiary/aromatic N) is 2. The number of imide groups is 1. The van der Waals surface area contributed by atoms with Crippen LogP contribution in [0.25, 0.3) is 11.6 Å². The fourth-order valence-corrected chi connectivity index (χ4v) is 7.41. The number of pyridine rings is 1. The Bertz CT molecular complexity index is 1830. The number of anilines is 1. The number of aromatic nitrogens is 1. The van der Waals surface area contributed by atoms with Crippen molar-refractivity contribution in [3.63, 3.8) is 0 Å². The molecule has 256 valence electrons. The SMILES string of the molecule is CC1=C2[C@@H](CC/C(=C/c3ccc(O)cc3Cl)c3ccccn3)OB(O)C[C@@H]2[C@@H]2C(=O)N(c3cc(C(F)(F)F)cc(C(F)(F)F)c3)C(=O)[C@@H]2C1. The molecule has 1 aliphatic carbocycles. The summed E-state index contributed by atoms with van der Waals surface area (Å²) in [6.07, 6.45) is -7.11. The van der Waals surface area contributed by atoms with Crippen molar-refractivity contribution in [3.05, 3.63) is 99.3 Å². The van der Waals surface area contributed by atoms with Crippen LogP contribution in [0.2, 0.25) is 11.3 Å². The fourth-order valence-electron chi connectivity index (χ4n) is 7.18. The standard InChI is InChI=1S/C34H28BClF6N2O5/c1-17-10-24-30(32(47)44(31(24)46)22-13-20(33(37,38)39)12-21(14-22)34(40,41)42)25-16-35(48)49-28(29(17)25)8-6-19(27-4-2-3-9-43-27)11-18-5-7-23(45)15-26(18)36/h2-5,7,9,11-15,24-25,28,30,45,48H,6,8,10,16H2,1H3/b19-11-/t24-,25+,28-,30-/m1/s1. The van der Waals surface area contributed by atoms with Gasteiger partial charge in [0, 0.05) is 6.20 Å². The van der Waals surface area contributed by atoms with Gasteiger partial charge in [-0.05, 0) is 110 Å². The molecule has 2 aliphatic heterocycles. The molecule has 2 amide bonds. The lowest BCUT2D eigenvalue weighted by Gasteiger charge is -2.42. The van der Waals surface area contributed by atoms with E-state index < -0.39 is 72.0 Å². The molecule has 2 N–H and O–H groups in total. The first kappa shape index (κ1) is 34.7. The minimum atomic E-state index is -5.17. The van der Waals surface area contributed by atoms with Crippen molar-refractivity contribution in [2.45, 2.75) is 51.0 Å². The average molecular weight is 705 g/mol. The number of hydrogen-bond acceptors (Lipinski definition) is 6. The van der Waals surface area contributed by atoms with E-state index in [1.54, 1.807) is 43.5 Å². The second-order valence-corrected chi connectivity index (χ2v) is 12.8. The number of fused-ring (bicyclic) bond motifs is 3. The number of halogens is 7. The van der Waals surface area contributed by atoms with Crippen molar-refractivity contribution in [2.24, 2.45) is 17.8 Å². The van der Waals surface area contributed by atoms with Crippen LogP contribution < -0.4 is 4.90 Å². The molecule has 1 aromatic heterocycles. The predicted molar refractivity (Wildman–Crippen MR) is 169 cm³/mol. The van der Waals surface area contributed by atoms with Gasteiger partial charge < -0.3 is 14.8 Å². The maximum atomic E-state index is 13.9. The van der Waals surface area contributed by atoms with Crippen molar-refractivity contribution in [2.75, 3.05) is 4.90 Å². The van der Waals surface area contributed by atoms with Crippen LogP contribution >= 0.6 is 11.6 Å². The first-order valence-corrected chi connectivity index (χ1v) is 15.7. The Morgan fingerprint density at radius 1 is 1.02 bits per heavy atom. The van der Waals surface area contributed by atoms with Crippen LogP contribution in [0.3, 0.4) is 0 Å². The summed E-state index contributed by atoms with van der Waals surface area (Å²) in [6.45, 7) is 1.74. The third-order valence-corrected chi connectivity index (χ3v) is 9.59. The number of alkyl halides is 6. The highest BCUT2D eigenvalue weighted by Crippen LogP contribution is 2.52. The molecule has 15 heteroatoms. The zero-order valence-corrected chi connectivity index (χ0v) is 26.5. The van der Waals surface area contributed by atoms with Crippen molar-refractivity contribution >= 4 is 47.9 Å². The van der Waals surface area contributed by atoms with Gasteiger partial charge in [-0.25, -0.2) is 4.90 Å². The number of amides is 2. The summed E-state index contributed by atoms with van der Waals surface area (Å²) in [5, 5.41) is 20.9. The largest absolute Gasteiger partial charge is 0.508 e. The Balaban J connectivity index is 1.32. The second-order valence-electron chi connectivity index (χ2n) is 12.4. The molecular formula is C34H28BClF6N2O5. The molecule has 3 heterocycles. The molecule has 6 rings (SSSR count). The van der Waals surface area contributed by atoms with Crippen LogP contribution in [0.5, 0.6) is 5.75 Å². The Labute approximate surface area is 282 Å². The highest BCUT2D eigenvalue weighted by Gasteiger charge is 2.57. The van der Waals surface area contributed by atoms with Gasteiger partial charge in [-0.2, -0.15) is 26.3 Å². The number of carbonyl (C=O) groups is 2. The first-order valence-electron chi connectivity index (χ1n) is 15.3. The number of benzene rings is 2. The topological polar surface area (TPSA) is 100.0 Å². The van der Waals surface area contributed by atoms with Crippen molar-refractivity contribution in [1.82, 2.24) is 4.98 Å². The molecule has 2 saturated heterocycles. The summed E-state index contributed by atoms with van der Waals surface area (Å²) in [5.41, 5.74) is -0.771. The molecule has 49 heavy (non-hydrogen) atoms. The number of hydrogen-bond donors (Lipinski definition) is 2. The van der Waals surface area contributed by atoms with E-state index in [1.807, 2.05) is 0 Å². The highest BCUT2D eigenvalue weighted by molar-refractivity contribution is 6.43. The van der Waals surface area contributed by atoms with E-state index in [-0.39, 0.29) is 31.0 Å². The average Bonchev–Trinajstić information content (AvgIpc) is 3.28. The van der Waals surface area contributed by atoms with E-state index in [0.29, 0.717) is 50.9 Å². The van der Waals surface area contributed by atoms with Crippen molar-refractivity contribution in [3.8, 4) is 5.75 Å². The van der Waals surface area contributed by atoms with Crippen molar-refractivity contribution < 1.29 is 50.7 Å². The van der Waals surface area contributed by atoms with E-state index in [1.165, 1.54) is 12.1 Å². The zero-order valence-electron chi connectivity index (χ0n) is 25.7. The van der Waals surface area contributed by atoms with Crippen molar-refractivity contribution in [1.29, 1.82) is 0 Å². The number of phenolic OH excluding ortho intramolecular Hbond substituents is 1. The summed E-state index contributed by atoms with van der Waals surface area (Å²) in [5.74, 6) is -4.77. The van der Waals surface area contributed by atoms with Gasteiger partial charge in [-0.15, -0.1) is 0 Å². The highest BCUT2D eigenvalue weighted by atomic mass is 35.5. The third-order valence-electron chi connectivity index (χ3n) is 9.27. The summed E-state index contributed by atoms with van der Waals surface area (Å²) in [7, 11) is -1.36. The molecule has 2 fully saturated rings. The molecular weight excluding hydrogens is 677 g/mol. The van der Waals surface area contributed by atoms with Crippen LogP contribution in [0.1, 0.15) is 48.6 Å². The lowest BCUT2D eigenvalue weighted by molar-refractivity contribution is -0.143. The maximum absolute atomic E-state index is 13.9. The molecule has 0 bridgehead atoms. The Morgan fingerprint density at radius 3 is 2.33 bits per heavy atom. The summed E-state index contributed by atoms with van der Waals surface area (Å²) in [6, 6.07) is 10.6. The number of phenols is 1. The Hall–Kier alpha value is -4.14. The molecule has 2 aromatic carbocycles. The van der Waals surface area contributed by atoms with Gasteiger partial charge >= 0.3 is 19.5 Å². The van der Waals surface area contributed by atoms with Crippen LogP contribution in [-0.2, 0) is 26.6 Å². The monoisotopic (exact) mass is 704 g/mol. The Kier molecular flexibility index (Phi) is 9.18. The quantitative estimate of drug-likeness (QED) is 0.118. The van der Waals surface area contributed by atoms with Crippen LogP contribution in [-0.4, -0.2) is 40.2 Å². The van der Waals surface area contributed by atoms with Gasteiger partial charge in [-0.1, -0.05) is 23.2 Å². The molecule has 3 aromatic rings. The van der Waals surface area contributed by atoms with Crippen LogP contribution in [0.15, 0.2) is 71.9 Å². The van der Waals surface area contributed by atoms with E-state index in [2.05, 4.69) is 4.98 Å². The Morgan fingerprint density at radius 2 is 1.71 bits per heavy atom. The van der Waals surface area contributed by atoms with Gasteiger partial charge in [-0.3, -0.25) is 14.6 Å². The number of rotatable bonds is 6. The smallest absolute Gasteiger partial charge is 0.455 e. The number of aromatic hydroxyl groups is 1. The summed E-state index contributed by atoms with van der Waals surface area (Å²) >= 11 is 6.37. The second kappa shape index (κ2) is 13.0. The van der Waals surface area contributed by atoms with Gasteiger partial charge in [0.05, 0.1) is 45.5 Å². The first-order chi connectivity index (χ1) is 23.0. The predicted octanol–water partition coefficient (Wildman–Crippen LogP) is 7.82. The van der Waals surface area contributed by atoms with Crippen LogP contribution in [0.4, 0.5) is 32.0 Å². The van der Waals surface area contributed by atoms with Gasteiger partial charge in [0.15, 0.2) is 0 Å². The van der Waals surface area contributed by atoms with Crippen LogP contribution in [0, 0.1) is 17.8 Å². The van der Waals surface area contributed by atoms with Gasteiger partial charge in [0.25, 0.3) is 0 Å². The van der Waals surface area contributed by atoms with Gasteiger partial charge in [0.2, 0.25) is 11.8 Å². The minimum Gasteiger partial charge on any atom is -0.508 e. The van der Waals surface area contributed by atoms with Gasteiger partial charge in [0.1, 0.15) is 5.75 Å². The molecule has 0 spiro atoms. The maximum Gasteiger partial charge on any atom is 0.455 e.